The van der Waals surface area contributed by atoms with Crippen LogP contribution in [0.25, 0.3) is 0 Å². The first-order valence-electron chi connectivity index (χ1n) is 17.2. The van der Waals surface area contributed by atoms with Crippen LogP contribution < -0.4 is 0 Å². The van der Waals surface area contributed by atoms with Gasteiger partial charge in [-0.25, -0.2) is 0 Å². The van der Waals surface area contributed by atoms with E-state index in [1.165, 1.54) is 12.5 Å². The Morgan fingerprint density at radius 1 is 1.11 bits per heavy atom. The van der Waals surface area contributed by atoms with Gasteiger partial charge in [-0.05, 0) is 80.0 Å². The summed E-state index contributed by atoms with van der Waals surface area (Å²) in [7, 11) is 0. The van der Waals surface area contributed by atoms with Crippen molar-refractivity contribution in [3.63, 3.8) is 0 Å². The Balaban J connectivity index is 1.23. The number of fused-ring (bicyclic) bond motifs is 5. The summed E-state index contributed by atoms with van der Waals surface area (Å²) in [6.07, 6.45) is 2.03. The lowest BCUT2D eigenvalue weighted by molar-refractivity contribution is -0.313. The van der Waals surface area contributed by atoms with Crippen LogP contribution in [-0.2, 0) is 23.8 Å². The minimum atomic E-state index is -1.47. The van der Waals surface area contributed by atoms with Crippen molar-refractivity contribution in [3.05, 3.63) is 11.6 Å². The average molecular weight is 632 g/mol. The monoisotopic (exact) mass is 631 g/mol. The van der Waals surface area contributed by atoms with Gasteiger partial charge in [0, 0.05) is 31.2 Å². The Morgan fingerprint density at radius 3 is 2.56 bits per heavy atom. The molecule has 1 saturated heterocycles. The number of carbonyl (C=O) groups is 2. The molecule has 2 heterocycles. The standard InChI is InChI=1S/C35H53NO9/c1-17-12-26(39)29(36-15-17)18(2)23-8-9-24-22-7-6-20-13-21(44-33-32(42)31(41)30(40)27(16-37)45-33)10-11-34(20,4)25(22)14-28(35(23,24)5)43-19(3)38/h6,17-18,21-25,27-28,30-33,37,40-42H,7-16H2,1-5H3/t17-,18+,21+,22+,23-,24+,25+,27-,28-,30-,31+,32-,33-,34+,35-/m1/s1. The van der Waals surface area contributed by atoms with Crippen molar-refractivity contribution in [2.45, 2.75) is 129 Å². The number of rotatable bonds is 6. The van der Waals surface area contributed by atoms with E-state index in [1.807, 2.05) is 0 Å². The number of aliphatic imine (C=N–C) groups is 1. The zero-order chi connectivity index (χ0) is 32.4. The Kier molecular flexibility index (Phi) is 9.15. The van der Waals surface area contributed by atoms with Gasteiger partial charge in [-0.1, -0.05) is 39.3 Å². The Hall–Kier alpha value is -1.69. The molecule has 6 aliphatic rings. The van der Waals surface area contributed by atoms with Crippen LogP contribution in [0.2, 0.25) is 0 Å². The first kappa shape index (κ1) is 33.2. The van der Waals surface area contributed by atoms with E-state index >= 15 is 0 Å². The van der Waals surface area contributed by atoms with Crippen molar-refractivity contribution in [1.29, 1.82) is 0 Å². The van der Waals surface area contributed by atoms with Crippen LogP contribution in [0.15, 0.2) is 16.6 Å². The molecule has 6 rings (SSSR count). The molecule has 3 saturated carbocycles. The van der Waals surface area contributed by atoms with Gasteiger partial charge >= 0.3 is 5.97 Å². The summed E-state index contributed by atoms with van der Waals surface area (Å²) in [5.74, 6) is 1.57. The van der Waals surface area contributed by atoms with Gasteiger partial charge in [0.15, 0.2) is 12.1 Å². The molecule has 0 radical (unpaired) electrons. The molecule has 0 aromatic rings. The number of hydrogen-bond donors (Lipinski definition) is 4. The topological polar surface area (TPSA) is 155 Å². The maximum Gasteiger partial charge on any atom is 0.302 e. The molecule has 4 N–H and O–H groups in total. The van der Waals surface area contributed by atoms with Crippen LogP contribution in [0.3, 0.4) is 0 Å². The number of aliphatic hydroxyl groups is 4. The summed E-state index contributed by atoms with van der Waals surface area (Å²) in [5.41, 5.74) is 1.71. The van der Waals surface area contributed by atoms with Crippen molar-refractivity contribution >= 4 is 17.5 Å². The van der Waals surface area contributed by atoms with Gasteiger partial charge in [0.1, 0.15) is 30.5 Å². The number of esters is 1. The summed E-state index contributed by atoms with van der Waals surface area (Å²) in [6, 6.07) is 0. The fraction of sp³-hybridized carbons (Fsp3) is 0.857. The van der Waals surface area contributed by atoms with Crippen LogP contribution in [0.5, 0.6) is 0 Å². The van der Waals surface area contributed by atoms with E-state index in [0.717, 1.165) is 44.2 Å². The fourth-order valence-electron chi connectivity index (χ4n) is 10.7. The molecule has 2 aliphatic heterocycles. The van der Waals surface area contributed by atoms with E-state index in [1.54, 1.807) is 0 Å². The average Bonchev–Trinajstić information content (AvgIpc) is 3.35. The third-order valence-electron chi connectivity index (χ3n) is 13.1. The molecule has 252 valence electrons. The number of carbonyl (C=O) groups excluding carboxylic acids is 2. The summed E-state index contributed by atoms with van der Waals surface area (Å²) >= 11 is 0. The summed E-state index contributed by atoms with van der Waals surface area (Å²) in [6.45, 7) is 10.6. The molecule has 0 amide bonds. The summed E-state index contributed by atoms with van der Waals surface area (Å²) < 4.78 is 18.1. The maximum absolute atomic E-state index is 13.1. The highest BCUT2D eigenvalue weighted by atomic mass is 16.7. The SMILES string of the molecule is CC(=O)O[C@@H]1C[C@H]2[C@@H](CC=C3C[C@@H](O[C@@H]4O[C@H](CO)[C@@H](O)[C@H](O)[C@H]4O)CC[C@@]32C)[C@@H]2CC[C@H]([C@H](C)C3=NC[C@H](C)CC3=O)[C@@]12C. The van der Waals surface area contributed by atoms with Crippen molar-refractivity contribution in [2.24, 2.45) is 51.3 Å². The first-order valence-corrected chi connectivity index (χ1v) is 17.2. The zero-order valence-electron chi connectivity index (χ0n) is 27.4. The molecule has 45 heavy (non-hydrogen) atoms. The summed E-state index contributed by atoms with van der Waals surface area (Å²) in [5, 5.41) is 40.5. The Labute approximate surface area is 266 Å². The molecular weight excluding hydrogens is 578 g/mol. The van der Waals surface area contributed by atoms with Gasteiger partial charge in [0.2, 0.25) is 0 Å². The first-order chi connectivity index (χ1) is 21.3. The van der Waals surface area contributed by atoms with E-state index < -0.39 is 37.3 Å². The molecule has 15 atom stereocenters. The van der Waals surface area contributed by atoms with Crippen LogP contribution in [0, 0.1) is 46.3 Å². The molecule has 4 fully saturated rings. The van der Waals surface area contributed by atoms with E-state index in [9.17, 15) is 30.0 Å². The highest BCUT2D eigenvalue weighted by molar-refractivity contribution is 6.41. The molecule has 0 unspecified atom stereocenters. The van der Waals surface area contributed by atoms with Gasteiger partial charge in [-0.3, -0.25) is 14.6 Å². The largest absolute Gasteiger partial charge is 0.462 e. The normalized spacial score (nSPS) is 48.8. The van der Waals surface area contributed by atoms with Crippen molar-refractivity contribution in [3.8, 4) is 0 Å². The lowest BCUT2D eigenvalue weighted by Crippen LogP contribution is -2.60. The Bertz CT molecular complexity index is 1220. The maximum atomic E-state index is 13.1. The molecule has 10 heteroatoms. The third kappa shape index (κ3) is 5.55. The number of hydrogen-bond acceptors (Lipinski definition) is 10. The highest BCUT2D eigenvalue weighted by Gasteiger charge is 2.64. The quantitative estimate of drug-likeness (QED) is 0.256. The number of ether oxygens (including phenoxy) is 3. The second kappa shape index (κ2) is 12.4. The molecular formula is C35H53NO9. The molecule has 10 nitrogen and oxygen atoms in total. The minimum Gasteiger partial charge on any atom is -0.462 e. The van der Waals surface area contributed by atoms with Crippen LogP contribution in [-0.4, -0.2) is 94.0 Å². The van der Waals surface area contributed by atoms with Crippen molar-refractivity contribution in [1.82, 2.24) is 0 Å². The van der Waals surface area contributed by atoms with Crippen LogP contribution in [0.4, 0.5) is 0 Å². The lowest BCUT2D eigenvalue weighted by atomic mass is 9.46. The lowest BCUT2D eigenvalue weighted by Gasteiger charge is -2.60. The van der Waals surface area contributed by atoms with E-state index in [2.05, 4.69) is 33.8 Å². The third-order valence-corrected chi connectivity index (χ3v) is 13.1. The zero-order valence-corrected chi connectivity index (χ0v) is 27.4. The minimum absolute atomic E-state index is 0.0231. The van der Waals surface area contributed by atoms with Gasteiger partial charge < -0.3 is 34.6 Å². The number of nitrogens with zero attached hydrogens (tertiary/aromatic N) is 1. The van der Waals surface area contributed by atoms with Gasteiger partial charge in [0.25, 0.3) is 0 Å². The van der Waals surface area contributed by atoms with Gasteiger partial charge in [-0.2, -0.15) is 0 Å². The number of ketones is 1. The van der Waals surface area contributed by atoms with Crippen molar-refractivity contribution in [2.75, 3.05) is 13.2 Å². The van der Waals surface area contributed by atoms with E-state index in [0.29, 0.717) is 37.1 Å². The number of allylic oxidation sites excluding steroid dienone is 1. The highest BCUT2D eigenvalue weighted by Crippen LogP contribution is 2.68. The van der Waals surface area contributed by atoms with Gasteiger partial charge in [0.05, 0.1) is 18.4 Å². The number of aliphatic hydroxyl groups excluding tert-OH is 4. The molecule has 0 bridgehead atoms. The molecule has 0 aromatic heterocycles. The van der Waals surface area contributed by atoms with Crippen LogP contribution in [0.1, 0.15) is 86.0 Å². The molecule has 4 aliphatic carbocycles. The smallest absolute Gasteiger partial charge is 0.302 e. The predicted octanol–water partition coefficient (Wildman–Crippen LogP) is 2.98. The second-order valence-electron chi connectivity index (χ2n) is 15.6. The number of Topliss-reactive ketones (excluding diaryl/α,β-unsaturated/α-hetero) is 1. The van der Waals surface area contributed by atoms with Gasteiger partial charge in [-0.15, -0.1) is 0 Å². The van der Waals surface area contributed by atoms with Crippen molar-refractivity contribution < 1.29 is 44.2 Å². The second-order valence-corrected chi connectivity index (χ2v) is 15.6. The van der Waals surface area contributed by atoms with E-state index in [-0.39, 0.29) is 52.5 Å². The Morgan fingerprint density at radius 2 is 1.87 bits per heavy atom. The predicted molar refractivity (Wildman–Crippen MR) is 165 cm³/mol. The van der Waals surface area contributed by atoms with Crippen LogP contribution >= 0.6 is 0 Å². The fourth-order valence-corrected chi connectivity index (χ4v) is 10.7. The molecule has 0 spiro atoms. The van der Waals surface area contributed by atoms with E-state index in [4.69, 9.17) is 19.2 Å². The summed E-state index contributed by atoms with van der Waals surface area (Å²) in [4.78, 5) is 30.4. The molecule has 0 aromatic carbocycles.